The Hall–Kier alpha value is -2.35. The first kappa shape index (κ1) is 14.6. The molecule has 1 atom stereocenters. The average Bonchev–Trinajstić information content (AvgIpc) is 2.96. The minimum absolute atomic E-state index is 0.267. The largest absolute Gasteiger partial charge is 0.416 e. The van der Waals surface area contributed by atoms with E-state index in [4.69, 9.17) is 10.6 Å². The lowest BCUT2D eigenvalue weighted by Gasteiger charge is -2.24. The average molecular weight is 310 g/mol. The Morgan fingerprint density at radius 3 is 2.77 bits per heavy atom. The molecule has 116 valence electrons. The van der Waals surface area contributed by atoms with Gasteiger partial charge in [-0.05, 0) is 17.7 Å². The van der Waals surface area contributed by atoms with Crippen LogP contribution in [0.3, 0.4) is 0 Å². The van der Waals surface area contributed by atoms with Crippen LogP contribution in [0.15, 0.2) is 36.7 Å². The summed E-state index contributed by atoms with van der Waals surface area (Å²) >= 11 is 0. The zero-order chi connectivity index (χ0) is 15.7. The van der Waals surface area contributed by atoms with Gasteiger partial charge in [-0.15, -0.1) is 0 Å². The molecule has 1 fully saturated rings. The molecule has 22 heavy (non-hydrogen) atoms. The Balaban J connectivity index is 1.94. The molecule has 3 rings (SSSR count). The molecule has 1 unspecified atom stereocenters. The van der Waals surface area contributed by atoms with Crippen molar-refractivity contribution in [2.24, 2.45) is 0 Å². The van der Waals surface area contributed by atoms with Crippen LogP contribution in [0.5, 0.6) is 0 Å². The maximum Gasteiger partial charge on any atom is 0.416 e. The van der Waals surface area contributed by atoms with E-state index < -0.39 is 11.7 Å². The summed E-state index contributed by atoms with van der Waals surface area (Å²) in [5.41, 5.74) is 5.45. The van der Waals surface area contributed by atoms with Crippen molar-refractivity contribution in [3.63, 3.8) is 0 Å². The predicted molar refractivity (Wildman–Crippen MR) is 73.7 cm³/mol. The number of rotatable bonds is 2. The second-order valence-electron chi connectivity index (χ2n) is 4.89. The van der Waals surface area contributed by atoms with Crippen molar-refractivity contribution in [2.45, 2.75) is 18.6 Å². The summed E-state index contributed by atoms with van der Waals surface area (Å²) in [6, 6.07) is 6.39. The van der Waals surface area contributed by atoms with Crippen molar-refractivity contribution in [1.82, 2.24) is 9.97 Å². The third-order valence-electron chi connectivity index (χ3n) is 3.40. The quantitative estimate of drug-likeness (QED) is 0.924. The van der Waals surface area contributed by atoms with Crippen LogP contribution in [-0.2, 0) is 11.0 Å². The standard InChI is InChI=1S/C14H13F3N4O/c15-14(16,17)10-3-1-2-9(6-10)11-4-5-22-21(11)13-7-12(18)19-8-20-13/h1-3,6-8,11H,4-5H2,(H2,18,19,20). The Morgan fingerprint density at radius 1 is 1.23 bits per heavy atom. The zero-order valence-corrected chi connectivity index (χ0v) is 11.4. The number of aromatic nitrogens is 2. The molecule has 1 aliphatic rings. The van der Waals surface area contributed by atoms with Crippen molar-refractivity contribution < 1.29 is 18.0 Å². The Morgan fingerprint density at radius 2 is 2.05 bits per heavy atom. The van der Waals surface area contributed by atoms with Gasteiger partial charge in [0.2, 0.25) is 0 Å². The number of anilines is 2. The highest BCUT2D eigenvalue weighted by molar-refractivity contribution is 5.47. The number of halogens is 3. The molecule has 0 bridgehead atoms. The van der Waals surface area contributed by atoms with E-state index in [1.807, 2.05) is 0 Å². The fraction of sp³-hybridized carbons (Fsp3) is 0.286. The smallest absolute Gasteiger partial charge is 0.384 e. The minimum atomic E-state index is -4.38. The lowest BCUT2D eigenvalue weighted by molar-refractivity contribution is -0.137. The summed E-state index contributed by atoms with van der Waals surface area (Å²) in [5, 5.41) is 1.48. The fourth-order valence-electron chi connectivity index (χ4n) is 2.40. The number of nitrogen functional groups attached to an aromatic ring is 1. The second-order valence-corrected chi connectivity index (χ2v) is 4.89. The van der Waals surface area contributed by atoms with Crippen LogP contribution < -0.4 is 10.8 Å². The maximum atomic E-state index is 12.8. The first-order valence-electron chi connectivity index (χ1n) is 6.62. The first-order valence-corrected chi connectivity index (χ1v) is 6.62. The lowest BCUT2D eigenvalue weighted by Crippen LogP contribution is -2.23. The number of hydroxylamine groups is 1. The highest BCUT2D eigenvalue weighted by Crippen LogP contribution is 2.37. The molecule has 1 saturated heterocycles. The number of nitrogens with two attached hydrogens (primary N) is 1. The number of alkyl halides is 3. The topological polar surface area (TPSA) is 64.3 Å². The third kappa shape index (κ3) is 2.82. The number of hydrogen-bond acceptors (Lipinski definition) is 5. The summed E-state index contributed by atoms with van der Waals surface area (Å²) in [5.74, 6) is 0.690. The van der Waals surface area contributed by atoms with Gasteiger partial charge in [0.25, 0.3) is 0 Å². The van der Waals surface area contributed by atoms with Gasteiger partial charge in [-0.3, -0.25) is 4.84 Å². The van der Waals surface area contributed by atoms with E-state index in [0.29, 0.717) is 24.4 Å². The summed E-state index contributed by atoms with van der Waals surface area (Å²) in [4.78, 5) is 13.3. The zero-order valence-electron chi connectivity index (χ0n) is 11.4. The van der Waals surface area contributed by atoms with Crippen LogP contribution in [0.4, 0.5) is 24.8 Å². The van der Waals surface area contributed by atoms with Crippen LogP contribution >= 0.6 is 0 Å². The SMILES string of the molecule is Nc1cc(N2OCCC2c2cccc(C(F)(F)F)c2)ncn1. The summed E-state index contributed by atoms with van der Waals surface area (Å²) in [6.07, 6.45) is -2.53. The van der Waals surface area contributed by atoms with E-state index in [1.165, 1.54) is 23.5 Å². The maximum absolute atomic E-state index is 12.8. The molecular formula is C14H13F3N4O. The summed E-state index contributed by atoms with van der Waals surface area (Å²) in [6.45, 7) is 0.394. The van der Waals surface area contributed by atoms with Gasteiger partial charge in [0.15, 0.2) is 5.82 Å². The number of nitrogens with zero attached hydrogens (tertiary/aromatic N) is 3. The van der Waals surface area contributed by atoms with Crippen molar-refractivity contribution in [3.05, 3.63) is 47.8 Å². The minimum Gasteiger partial charge on any atom is -0.384 e. The molecule has 0 spiro atoms. The van der Waals surface area contributed by atoms with Crippen LogP contribution in [0.2, 0.25) is 0 Å². The molecule has 1 aromatic heterocycles. The molecule has 5 nitrogen and oxygen atoms in total. The van der Waals surface area contributed by atoms with Crippen LogP contribution in [0, 0.1) is 0 Å². The first-order chi connectivity index (χ1) is 10.4. The normalized spacial score (nSPS) is 18.7. The van der Waals surface area contributed by atoms with E-state index in [2.05, 4.69) is 9.97 Å². The van der Waals surface area contributed by atoms with Gasteiger partial charge >= 0.3 is 6.18 Å². The molecule has 8 heteroatoms. The summed E-state index contributed by atoms with van der Waals surface area (Å²) in [7, 11) is 0. The van der Waals surface area contributed by atoms with Crippen LogP contribution in [-0.4, -0.2) is 16.6 Å². The second kappa shape index (κ2) is 5.45. The molecule has 2 N–H and O–H groups in total. The van der Waals surface area contributed by atoms with E-state index in [0.717, 1.165) is 12.1 Å². The van der Waals surface area contributed by atoms with E-state index in [9.17, 15) is 13.2 Å². The molecule has 0 saturated carbocycles. The monoisotopic (exact) mass is 310 g/mol. The van der Waals surface area contributed by atoms with Gasteiger partial charge in [-0.25, -0.2) is 15.0 Å². The van der Waals surface area contributed by atoms with Crippen molar-refractivity contribution in [2.75, 3.05) is 17.4 Å². The Kier molecular flexibility index (Phi) is 3.61. The molecule has 1 aromatic carbocycles. The molecule has 2 heterocycles. The van der Waals surface area contributed by atoms with Crippen LogP contribution in [0.25, 0.3) is 0 Å². The van der Waals surface area contributed by atoms with Crippen molar-refractivity contribution >= 4 is 11.6 Å². The molecule has 2 aromatic rings. The predicted octanol–water partition coefficient (Wildman–Crippen LogP) is 2.96. The van der Waals surface area contributed by atoms with Gasteiger partial charge in [0.05, 0.1) is 18.2 Å². The molecule has 1 aliphatic heterocycles. The van der Waals surface area contributed by atoms with Gasteiger partial charge in [-0.1, -0.05) is 12.1 Å². The van der Waals surface area contributed by atoms with E-state index in [-0.39, 0.29) is 11.9 Å². The molecular weight excluding hydrogens is 297 g/mol. The molecule has 0 amide bonds. The Bertz CT molecular complexity index is 677. The fourth-order valence-corrected chi connectivity index (χ4v) is 2.40. The summed E-state index contributed by atoms with van der Waals surface area (Å²) < 4.78 is 38.5. The van der Waals surface area contributed by atoms with Gasteiger partial charge in [-0.2, -0.15) is 13.2 Å². The van der Waals surface area contributed by atoms with Gasteiger partial charge < -0.3 is 5.73 Å². The van der Waals surface area contributed by atoms with Gasteiger partial charge in [0, 0.05) is 12.5 Å². The number of hydrogen-bond donors (Lipinski definition) is 1. The highest BCUT2D eigenvalue weighted by atomic mass is 19.4. The Labute approximate surface area is 124 Å². The number of benzene rings is 1. The highest BCUT2D eigenvalue weighted by Gasteiger charge is 2.33. The van der Waals surface area contributed by atoms with E-state index in [1.54, 1.807) is 6.07 Å². The van der Waals surface area contributed by atoms with Gasteiger partial charge in [0.1, 0.15) is 12.1 Å². The molecule has 0 radical (unpaired) electrons. The van der Waals surface area contributed by atoms with E-state index >= 15 is 0 Å². The third-order valence-corrected chi connectivity index (χ3v) is 3.40. The molecule has 0 aliphatic carbocycles. The lowest BCUT2D eigenvalue weighted by atomic mass is 10.0. The van der Waals surface area contributed by atoms with Crippen molar-refractivity contribution in [3.8, 4) is 0 Å². The van der Waals surface area contributed by atoms with Crippen LogP contribution in [0.1, 0.15) is 23.6 Å². The van der Waals surface area contributed by atoms with Crippen molar-refractivity contribution in [1.29, 1.82) is 0 Å².